The Balaban J connectivity index is 2.90. The number of rotatable bonds is 0. The van der Waals surface area contributed by atoms with Crippen molar-refractivity contribution in [1.29, 1.82) is 0 Å². The highest BCUT2D eigenvalue weighted by molar-refractivity contribution is 9.10. The zero-order valence-corrected chi connectivity index (χ0v) is 7.12. The highest BCUT2D eigenvalue weighted by Gasteiger charge is 2.00. The van der Waals surface area contributed by atoms with Gasteiger partial charge in [-0.25, -0.2) is 0 Å². The van der Waals surface area contributed by atoms with Crippen LogP contribution < -0.4 is 0 Å². The molecule has 1 N–H and O–H groups in total. The maximum atomic E-state index is 9.03. The fourth-order valence-corrected chi connectivity index (χ4v) is 1.41. The zero-order valence-electron chi connectivity index (χ0n) is 5.53. The lowest BCUT2D eigenvalue weighted by molar-refractivity contribution is 0.457. The second-order valence-corrected chi connectivity index (χ2v) is 3.04. The minimum absolute atomic E-state index is 0.0388. The molecule has 3 nitrogen and oxygen atoms in total. The Morgan fingerprint density at radius 3 is 3.09 bits per heavy atom. The van der Waals surface area contributed by atoms with Crippen LogP contribution in [0.15, 0.2) is 29.0 Å². The van der Waals surface area contributed by atoms with Crippen molar-refractivity contribution in [3.05, 3.63) is 29.0 Å². The summed E-state index contributed by atoms with van der Waals surface area (Å²) in [6, 6.07) is 3.75. The Morgan fingerprint density at radius 1 is 1.55 bits per heavy atom. The molecule has 0 unspecified atom stereocenters. The molecule has 56 valence electrons. The van der Waals surface area contributed by atoms with Crippen molar-refractivity contribution >= 4 is 21.6 Å². The van der Waals surface area contributed by atoms with Gasteiger partial charge >= 0.3 is 0 Å². The van der Waals surface area contributed by atoms with E-state index in [0.29, 0.717) is 0 Å². The lowest BCUT2D eigenvalue weighted by Crippen LogP contribution is -1.80. The first kappa shape index (κ1) is 6.67. The lowest BCUT2D eigenvalue weighted by atomic mass is 10.5. The third kappa shape index (κ3) is 0.991. The summed E-state index contributed by atoms with van der Waals surface area (Å²) in [5, 5.41) is 9.03. The number of hydrogen-bond donors (Lipinski definition) is 1. The number of hydrogen-bond acceptors (Lipinski definition) is 2. The van der Waals surface area contributed by atoms with E-state index in [1.807, 2.05) is 18.3 Å². The molecule has 0 amide bonds. The van der Waals surface area contributed by atoms with E-state index in [9.17, 15) is 0 Å². The van der Waals surface area contributed by atoms with Crippen LogP contribution in [0.3, 0.4) is 0 Å². The second-order valence-electron chi connectivity index (χ2n) is 2.19. The third-order valence-electron chi connectivity index (χ3n) is 1.42. The van der Waals surface area contributed by atoms with Gasteiger partial charge in [0.25, 0.3) is 0 Å². The molecule has 0 atom stereocenters. The SMILES string of the molecule is Oc1cn2cccc(Br)c2n1. The van der Waals surface area contributed by atoms with E-state index >= 15 is 0 Å². The fraction of sp³-hybridized carbons (Fsp3) is 0. The van der Waals surface area contributed by atoms with Crippen molar-refractivity contribution in [2.75, 3.05) is 0 Å². The highest BCUT2D eigenvalue weighted by atomic mass is 79.9. The molecule has 2 aromatic rings. The summed E-state index contributed by atoms with van der Waals surface area (Å²) in [5.41, 5.74) is 0.727. The number of aromatic hydroxyl groups is 1. The topological polar surface area (TPSA) is 37.5 Å². The molecule has 0 bridgehead atoms. The third-order valence-corrected chi connectivity index (χ3v) is 2.04. The van der Waals surface area contributed by atoms with Crippen molar-refractivity contribution in [2.24, 2.45) is 0 Å². The predicted molar refractivity (Wildman–Crippen MR) is 44.6 cm³/mol. The van der Waals surface area contributed by atoms with Crippen molar-refractivity contribution in [3.8, 4) is 5.88 Å². The Bertz CT molecular complexity index is 396. The Hall–Kier alpha value is -1.03. The van der Waals surface area contributed by atoms with Crippen LogP contribution in [0.25, 0.3) is 5.65 Å². The Morgan fingerprint density at radius 2 is 2.36 bits per heavy atom. The summed E-state index contributed by atoms with van der Waals surface area (Å²) in [4.78, 5) is 3.88. The van der Waals surface area contributed by atoms with Gasteiger partial charge in [-0.05, 0) is 28.1 Å². The van der Waals surface area contributed by atoms with Gasteiger partial charge in [0.15, 0.2) is 5.65 Å². The van der Waals surface area contributed by atoms with Crippen molar-refractivity contribution in [1.82, 2.24) is 9.38 Å². The van der Waals surface area contributed by atoms with Crippen molar-refractivity contribution in [2.45, 2.75) is 0 Å². The number of fused-ring (bicyclic) bond motifs is 1. The van der Waals surface area contributed by atoms with Gasteiger partial charge < -0.3 is 9.51 Å². The van der Waals surface area contributed by atoms with E-state index in [1.165, 1.54) is 0 Å². The van der Waals surface area contributed by atoms with Crippen molar-refractivity contribution < 1.29 is 5.11 Å². The molecule has 0 radical (unpaired) electrons. The summed E-state index contributed by atoms with van der Waals surface area (Å²) in [5.74, 6) is 0.0388. The van der Waals surface area contributed by atoms with Gasteiger partial charge in [-0.3, -0.25) is 0 Å². The Kier molecular flexibility index (Phi) is 1.35. The highest BCUT2D eigenvalue weighted by Crippen LogP contribution is 2.18. The van der Waals surface area contributed by atoms with Gasteiger partial charge in [-0.2, -0.15) is 4.98 Å². The second kappa shape index (κ2) is 2.23. The molecule has 0 fully saturated rings. The van der Waals surface area contributed by atoms with Gasteiger partial charge in [0.1, 0.15) is 0 Å². The number of pyridine rings is 1. The first-order chi connectivity index (χ1) is 5.27. The first-order valence-corrected chi connectivity index (χ1v) is 3.89. The number of nitrogens with zero attached hydrogens (tertiary/aromatic N) is 2. The first-order valence-electron chi connectivity index (χ1n) is 3.09. The van der Waals surface area contributed by atoms with E-state index < -0.39 is 0 Å². The van der Waals surface area contributed by atoms with Crippen LogP contribution in [-0.4, -0.2) is 14.5 Å². The number of halogens is 1. The van der Waals surface area contributed by atoms with Gasteiger partial charge in [-0.15, -0.1) is 0 Å². The van der Waals surface area contributed by atoms with Gasteiger partial charge in [0.2, 0.25) is 5.88 Å². The van der Waals surface area contributed by atoms with Crippen LogP contribution in [0, 0.1) is 0 Å². The molecule has 2 heterocycles. The summed E-state index contributed by atoms with van der Waals surface area (Å²) in [6.45, 7) is 0. The largest absolute Gasteiger partial charge is 0.492 e. The monoisotopic (exact) mass is 212 g/mol. The quantitative estimate of drug-likeness (QED) is 0.724. The molecule has 4 heteroatoms. The Labute approximate surface area is 71.4 Å². The summed E-state index contributed by atoms with van der Waals surface area (Å²) in [7, 11) is 0. The van der Waals surface area contributed by atoms with E-state index in [2.05, 4.69) is 20.9 Å². The molecule has 2 aromatic heterocycles. The molecule has 0 spiro atoms. The normalized spacial score (nSPS) is 10.6. The van der Waals surface area contributed by atoms with E-state index in [0.717, 1.165) is 10.1 Å². The van der Waals surface area contributed by atoms with Crippen LogP contribution in [-0.2, 0) is 0 Å². The van der Waals surface area contributed by atoms with E-state index in [1.54, 1.807) is 10.6 Å². The van der Waals surface area contributed by atoms with Crippen LogP contribution in [0.2, 0.25) is 0 Å². The molecule has 0 aliphatic rings. The average molecular weight is 213 g/mol. The lowest BCUT2D eigenvalue weighted by Gasteiger charge is -1.91. The van der Waals surface area contributed by atoms with Crippen LogP contribution in [0.4, 0.5) is 0 Å². The maximum Gasteiger partial charge on any atom is 0.230 e. The number of aromatic nitrogens is 2. The van der Waals surface area contributed by atoms with Crippen LogP contribution in [0.5, 0.6) is 5.88 Å². The van der Waals surface area contributed by atoms with E-state index in [4.69, 9.17) is 5.11 Å². The molecule has 0 saturated heterocycles. The predicted octanol–water partition coefficient (Wildman–Crippen LogP) is 1.80. The minimum atomic E-state index is 0.0388. The molecule has 0 aliphatic heterocycles. The minimum Gasteiger partial charge on any atom is -0.492 e. The molecular weight excluding hydrogens is 208 g/mol. The van der Waals surface area contributed by atoms with Crippen LogP contribution in [0.1, 0.15) is 0 Å². The van der Waals surface area contributed by atoms with Crippen molar-refractivity contribution in [3.63, 3.8) is 0 Å². The van der Waals surface area contributed by atoms with Gasteiger partial charge in [0, 0.05) is 6.20 Å². The number of imidazole rings is 1. The molecular formula is C7H5BrN2O. The van der Waals surface area contributed by atoms with Crippen LogP contribution >= 0.6 is 15.9 Å². The standard InChI is InChI=1S/C7H5BrN2O/c8-5-2-1-3-10-4-6(11)9-7(5)10/h1-4,11H. The van der Waals surface area contributed by atoms with Gasteiger partial charge in [0.05, 0.1) is 10.7 Å². The average Bonchev–Trinajstić information content (AvgIpc) is 2.31. The summed E-state index contributed by atoms with van der Waals surface area (Å²) < 4.78 is 2.62. The fourth-order valence-electron chi connectivity index (χ4n) is 0.966. The molecule has 2 rings (SSSR count). The van der Waals surface area contributed by atoms with Gasteiger partial charge in [-0.1, -0.05) is 0 Å². The smallest absolute Gasteiger partial charge is 0.230 e. The summed E-state index contributed by atoms with van der Waals surface area (Å²) in [6.07, 6.45) is 3.38. The summed E-state index contributed by atoms with van der Waals surface area (Å²) >= 11 is 3.32. The molecule has 0 aliphatic carbocycles. The molecule has 0 aromatic carbocycles. The molecule has 11 heavy (non-hydrogen) atoms. The zero-order chi connectivity index (χ0) is 7.84. The maximum absolute atomic E-state index is 9.03. The van der Waals surface area contributed by atoms with E-state index in [-0.39, 0.29) is 5.88 Å². The molecule has 0 saturated carbocycles.